The summed E-state index contributed by atoms with van der Waals surface area (Å²) < 4.78 is 5.15. The first-order valence-electron chi connectivity index (χ1n) is 6.90. The monoisotopic (exact) mass is 294 g/mol. The van der Waals surface area contributed by atoms with Crippen molar-refractivity contribution in [2.75, 3.05) is 12.4 Å². The molecule has 0 fully saturated rings. The minimum Gasteiger partial charge on any atom is -0.496 e. The van der Waals surface area contributed by atoms with Crippen LogP contribution in [0.5, 0.6) is 5.75 Å². The van der Waals surface area contributed by atoms with Crippen molar-refractivity contribution in [3.05, 3.63) is 23.8 Å². The van der Waals surface area contributed by atoms with Crippen LogP contribution in [0.2, 0.25) is 0 Å². The van der Waals surface area contributed by atoms with E-state index in [1.54, 1.807) is 25.3 Å². The van der Waals surface area contributed by atoms with Gasteiger partial charge in [0.05, 0.1) is 13.5 Å². The van der Waals surface area contributed by atoms with Crippen LogP contribution in [0.25, 0.3) is 0 Å². The highest BCUT2D eigenvalue weighted by molar-refractivity contribution is 5.90. The van der Waals surface area contributed by atoms with E-state index in [0.717, 1.165) is 17.7 Å². The van der Waals surface area contributed by atoms with Gasteiger partial charge in [0.25, 0.3) is 0 Å². The Kier molecular flexibility index (Phi) is 6.52. The molecule has 0 saturated heterocycles. The van der Waals surface area contributed by atoms with E-state index in [4.69, 9.17) is 9.84 Å². The van der Waals surface area contributed by atoms with Gasteiger partial charge in [0, 0.05) is 11.7 Å². The van der Waals surface area contributed by atoms with Crippen molar-refractivity contribution < 1.29 is 19.4 Å². The number of anilines is 1. The zero-order chi connectivity index (χ0) is 15.8. The lowest BCUT2D eigenvalue weighted by atomic mass is 10.1. The number of aryl methyl sites for hydroxylation is 1. The van der Waals surface area contributed by atoms with Gasteiger partial charge >= 0.3 is 12.0 Å². The number of nitrogens with one attached hydrogen (secondary N) is 2. The number of hydrogen-bond acceptors (Lipinski definition) is 3. The molecule has 0 radical (unpaired) electrons. The molecule has 0 aliphatic rings. The van der Waals surface area contributed by atoms with E-state index in [-0.39, 0.29) is 12.5 Å². The van der Waals surface area contributed by atoms with Crippen molar-refractivity contribution >= 4 is 17.7 Å². The van der Waals surface area contributed by atoms with E-state index in [2.05, 4.69) is 10.6 Å². The van der Waals surface area contributed by atoms with E-state index in [0.29, 0.717) is 12.1 Å². The molecular formula is C15H22N2O4. The van der Waals surface area contributed by atoms with Crippen LogP contribution in [-0.4, -0.2) is 30.3 Å². The molecular weight excluding hydrogens is 272 g/mol. The second-order valence-corrected chi connectivity index (χ2v) is 4.87. The van der Waals surface area contributed by atoms with Crippen molar-refractivity contribution in [3.8, 4) is 5.75 Å². The molecule has 0 aromatic heterocycles. The lowest BCUT2D eigenvalue weighted by Gasteiger charge is -2.17. The number of benzene rings is 1. The van der Waals surface area contributed by atoms with Crippen LogP contribution in [0.15, 0.2) is 18.2 Å². The number of hydrogen-bond donors (Lipinski definition) is 3. The first-order valence-corrected chi connectivity index (χ1v) is 6.90. The maximum atomic E-state index is 11.9. The van der Waals surface area contributed by atoms with Gasteiger partial charge < -0.3 is 20.5 Å². The van der Waals surface area contributed by atoms with Gasteiger partial charge in [-0.3, -0.25) is 4.79 Å². The number of amides is 2. The fraction of sp³-hybridized carbons (Fsp3) is 0.467. The van der Waals surface area contributed by atoms with Crippen molar-refractivity contribution in [3.63, 3.8) is 0 Å². The van der Waals surface area contributed by atoms with Crippen LogP contribution in [0.3, 0.4) is 0 Å². The standard InChI is InChI=1S/C15H22N2O4/c1-4-5-11(9-14(18)19)16-15(20)17-12-6-7-13(21-3)10(2)8-12/h6-8,11H,4-5,9H2,1-3H3,(H,18,19)(H2,16,17,20). The van der Waals surface area contributed by atoms with Crippen LogP contribution in [0, 0.1) is 6.92 Å². The second kappa shape index (κ2) is 8.14. The number of ether oxygens (including phenoxy) is 1. The van der Waals surface area contributed by atoms with E-state index < -0.39 is 12.0 Å². The van der Waals surface area contributed by atoms with Crippen LogP contribution < -0.4 is 15.4 Å². The van der Waals surface area contributed by atoms with Crippen LogP contribution in [0.1, 0.15) is 31.7 Å². The summed E-state index contributed by atoms with van der Waals surface area (Å²) in [4.78, 5) is 22.7. The number of carboxylic acids is 1. The Morgan fingerprint density at radius 3 is 2.62 bits per heavy atom. The second-order valence-electron chi connectivity index (χ2n) is 4.87. The van der Waals surface area contributed by atoms with Gasteiger partial charge in [0.1, 0.15) is 5.75 Å². The molecule has 1 aromatic carbocycles. The van der Waals surface area contributed by atoms with Crippen LogP contribution in [0.4, 0.5) is 10.5 Å². The summed E-state index contributed by atoms with van der Waals surface area (Å²) in [5.41, 5.74) is 1.54. The smallest absolute Gasteiger partial charge is 0.319 e. The van der Waals surface area contributed by atoms with Crippen molar-refractivity contribution in [1.82, 2.24) is 5.32 Å². The molecule has 21 heavy (non-hydrogen) atoms. The van der Waals surface area contributed by atoms with Crippen molar-refractivity contribution in [2.45, 2.75) is 39.2 Å². The molecule has 6 nitrogen and oxygen atoms in total. The van der Waals surface area contributed by atoms with Crippen LogP contribution >= 0.6 is 0 Å². The fourth-order valence-electron chi connectivity index (χ4n) is 2.09. The highest BCUT2D eigenvalue weighted by atomic mass is 16.5. The maximum absolute atomic E-state index is 11.9. The minimum absolute atomic E-state index is 0.0805. The Morgan fingerprint density at radius 2 is 2.10 bits per heavy atom. The zero-order valence-corrected chi connectivity index (χ0v) is 12.6. The van der Waals surface area contributed by atoms with Gasteiger partial charge in [-0.1, -0.05) is 13.3 Å². The summed E-state index contributed by atoms with van der Waals surface area (Å²) in [6, 6.07) is 4.53. The third-order valence-electron chi connectivity index (χ3n) is 3.05. The summed E-state index contributed by atoms with van der Waals surface area (Å²) in [6.45, 7) is 3.83. The van der Waals surface area contributed by atoms with Gasteiger partial charge in [0.15, 0.2) is 0 Å². The third kappa shape index (κ3) is 5.72. The lowest BCUT2D eigenvalue weighted by Crippen LogP contribution is -2.39. The quantitative estimate of drug-likeness (QED) is 0.721. The molecule has 0 aliphatic heterocycles. The molecule has 2 amide bonds. The molecule has 1 unspecified atom stereocenters. The lowest BCUT2D eigenvalue weighted by molar-refractivity contribution is -0.137. The van der Waals surface area contributed by atoms with E-state index in [9.17, 15) is 9.59 Å². The molecule has 0 saturated carbocycles. The van der Waals surface area contributed by atoms with Crippen molar-refractivity contribution in [1.29, 1.82) is 0 Å². The van der Waals surface area contributed by atoms with Gasteiger partial charge in [-0.2, -0.15) is 0 Å². The SMILES string of the molecule is CCCC(CC(=O)O)NC(=O)Nc1ccc(OC)c(C)c1. The molecule has 0 spiro atoms. The van der Waals surface area contributed by atoms with Crippen LogP contribution in [-0.2, 0) is 4.79 Å². The summed E-state index contributed by atoms with van der Waals surface area (Å²) in [7, 11) is 1.59. The molecule has 0 bridgehead atoms. The summed E-state index contributed by atoms with van der Waals surface area (Å²) >= 11 is 0. The normalized spacial score (nSPS) is 11.6. The van der Waals surface area contributed by atoms with E-state index in [1.807, 2.05) is 13.8 Å². The molecule has 6 heteroatoms. The predicted octanol–water partition coefficient (Wildman–Crippen LogP) is 2.77. The molecule has 0 aliphatic carbocycles. The Balaban J connectivity index is 2.62. The number of rotatable bonds is 7. The first-order chi connectivity index (χ1) is 9.96. The van der Waals surface area contributed by atoms with Gasteiger partial charge in [0.2, 0.25) is 0 Å². The van der Waals surface area contributed by atoms with Gasteiger partial charge in [-0.15, -0.1) is 0 Å². The fourth-order valence-corrected chi connectivity index (χ4v) is 2.09. The Bertz CT molecular complexity index is 502. The number of urea groups is 1. The summed E-state index contributed by atoms with van der Waals surface area (Å²) in [5.74, 6) is -0.176. The predicted molar refractivity (Wildman–Crippen MR) is 80.8 cm³/mol. The molecule has 1 rings (SSSR count). The molecule has 1 aromatic rings. The molecule has 0 heterocycles. The largest absolute Gasteiger partial charge is 0.496 e. The number of carbonyl (C=O) groups is 2. The number of aliphatic carboxylic acids is 1. The minimum atomic E-state index is -0.922. The number of carbonyl (C=O) groups excluding carboxylic acids is 1. The Labute approximate surface area is 124 Å². The topological polar surface area (TPSA) is 87.7 Å². The van der Waals surface area contributed by atoms with Crippen molar-refractivity contribution in [2.24, 2.45) is 0 Å². The maximum Gasteiger partial charge on any atom is 0.319 e. The van der Waals surface area contributed by atoms with Gasteiger partial charge in [-0.25, -0.2) is 4.79 Å². The first kappa shape index (κ1) is 16.8. The number of methoxy groups -OCH3 is 1. The highest BCUT2D eigenvalue weighted by Gasteiger charge is 2.15. The highest BCUT2D eigenvalue weighted by Crippen LogP contribution is 2.21. The Hall–Kier alpha value is -2.24. The summed E-state index contributed by atoms with van der Waals surface area (Å²) in [6.07, 6.45) is 1.35. The van der Waals surface area contributed by atoms with E-state index >= 15 is 0 Å². The molecule has 116 valence electrons. The van der Waals surface area contributed by atoms with E-state index in [1.165, 1.54) is 0 Å². The Morgan fingerprint density at radius 1 is 1.38 bits per heavy atom. The molecule has 3 N–H and O–H groups in total. The average molecular weight is 294 g/mol. The van der Waals surface area contributed by atoms with Gasteiger partial charge in [-0.05, 0) is 37.1 Å². The molecule has 1 atom stereocenters. The number of carboxylic acid groups (broad SMARTS) is 1. The zero-order valence-electron chi connectivity index (χ0n) is 12.6. The summed E-state index contributed by atoms with van der Waals surface area (Å²) in [5, 5.41) is 14.2. The average Bonchev–Trinajstić information content (AvgIpc) is 2.38. The third-order valence-corrected chi connectivity index (χ3v) is 3.05.